The zero-order chi connectivity index (χ0) is 12.1. The second-order valence-electron chi connectivity index (χ2n) is 3.99. The van der Waals surface area contributed by atoms with Crippen LogP contribution in [-0.4, -0.2) is 31.0 Å². The highest BCUT2D eigenvalue weighted by molar-refractivity contribution is 5.92. The fraction of sp³-hybridized carbons (Fsp3) is 0.455. The molecule has 0 fully saturated rings. The van der Waals surface area contributed by atoms with E-state index >= 15 is 0 Å². The van der Waals surface area contributed by atoms with Gasteiger partial charge in [0.25, 0.3) is 0 Å². The van der Waals surface area contributed by atoms with Gasteiger partial charge in [-0.3, -0.25) is 4.79 Å². The van der Waals surface area contributed by atoms with Crippen LogP contribution in [-0.2, 0) is 0 Å². The van der Waals surface area contributed by atoms with Crippen LogP contribution < -0.4 is 16.4 Å². The summed E-state index contributed by atoms with van der Waals surface area (Å²) in [5.74, 6) is 0.755. The third-order valence-corrected chi connectivity index (χ3v) is 2.41. The number of nitrogens with two attached hydrogens (primary N) is 2. The molecule has 1 aromatic heterocycles. The summed E-state index contributed by atoms with van der Waals surface area (Å²) in [5, 5.41) is 0. The number of amides is 1. The molecular weight excluding hydrogens is 204 g/mol. The van der Waals surface area contributed by atoms with Crippen molar-refractivity contribution in [3.05, 3.63) is 23.9 Å². The summed E-state index contributed by atoms with van der Waals surface area (Å²) in [6.45, 7) is 3.55. The zero-order valence-electron chi connectivity index (χ0n) is 9.68. The number of hydrogen-bond donors (Lipinski definition) is 2. The standard InChI is InChI=1S/C11H18N4O/c1-8(5-12)7-15(2)10-4-3-9(6-14-10)11(13)16/h3-4,6,8H,5,7,12H2,1-2H3,(H2,13,16). The fourth-order valence-corrected chi connectivity index (χ4v) is 1.39. The lowest BCUT2D eigenvalue weighted by Gasteiger charge is -2.21. The van der Waals surface area contributed by atoms with Crippen molar-refractivity contribution in [2.75, 3.05) is 25.0 Å². The van der Waals surface area contributed by atoms with Crippen LogP contribution in [0, 0.1) is 5.92 Å². The van der Waals surface area contributed by atoms with E-state index in [0.29, 0.717) is 18.0 Å². The fourth-order valence-electron chi connectivity index (χ4n) is 1.39. The first-order valence-corrected chi connectivity index (χ1v) is 5.21. The topological polar surface area (TPSA) is 85.2 Å². The van der Waals surface area contributed by atoms with Crippen molar-refractivity contribution in [1.29, 1.82) is 0 Å². The van der Waals surface area contributed by atoms with Gasteiger partial charge in [-0.1, -0.05) is 6.92 Å². The quantitative estimate of drug-likeness (QED) is 0.746. The van der Waals surface area contributed by atoms with E-state index in [-0.39, 0.29) is 0 Å². The minimum Gasteiger partial charge on any atom is -0.366 e. The third kappa shape index (κ3) is 3.20. The number of rotatable bonds is 5. The van der Waals surface area contributed by atoms with E-state index in [4.69, 9.17) is 11.5 Å². The number of pyridine rings is 1. The predicted octanol–water partition coefficient (Wildman–Crippen LogP) is 0.212. The van der Waals surface area contributed by atoms with Crippen LogP contribution in [0.3, 0.4) is 0 Å². The van der Waals surface area contributed by atoms with E-state index in [2.05, 4.69) is 11.9 Å². The van der Waals surface area contributed by atoms with Crippen LogP contribution in [0.25, 0.3) is 0 Å². The van der Waals surface area contributed by atoms with Crippen molar-refractivity contribution in [2.24, 2.45) is 17.4 Å². The van der Waals surface area contributed by atoms with Crippen LogP contribution in [0.2, 0.25) is 0 Å². The second kappa shape index (κ2) is 5.46. The first-order chi connectivity index (χ1) is 7.54. The Kier molecular flexibility index (Phi) is 4.25. The van der Waals surface area contributed by atoms with Crippen LogP contribution >= 0.6 is 0 Å². The molecule has 0 aliphatic rings. The van der Waals surface area contributed by atoms with Gasteiger partial charge >= 0.3 is 0 Å². The first-order valence-electron chi connectivity index (χ1n) is 5.21. The summed E-state index contributed by atoms with van der Waals surface area (Å²) < 4.78 is 0. The lowest BCUT2D eigenvalue weighted by molar-refractivity contribution is 0.1000. The maximum atomic E-state index is 10.9. The molecule has 1 atom stereocenters. The summed E-state index contributed by atoms with van der Waals surface area (Å²) in [7, 11) is 1.94. The summed E-state index contributed by atoms with van der Waals surface area (Å²) >= 11 is 0. The number of aromatic nitrogens is 1. The summed E-state index contributed by atoms with van der Waals surface area (Å²) in [6, 6.07) is 3.46. The van der Waals surface area contributed by atoms with E-state index in [9.17, 15) is 4.79 Å². The van der Waals surface area contributed by atoms with Gasteiger partial charge < -0.3 is 16.4 Å². The highest BCUT2D eigenvalue weighted by Crippen LogP contribution is 2.10. The molecular formula is C11H18N4O. The zero-order valence-corrected chi connectivity index (χ0v) is 9.68. The Morgan fingerprint density at radius 1 is 1.56 bits per heavy atom. The molecule has 88 valence electrons. The SMILES string of the molecule is CC(CN)CN(C)c1ccc(C(N)=O)cn1. The number of hydrogen-bond acceptors (Lipinski definition) is 4. The minimum atomic E-state index is -0.461. The van der Waals surface area contributed by atoms with Gasteiger partial charge in [-0.2, -0.15) is 0 Å². The highest BCUT2D eigenvalue weighted by Gasteiger charge is 2.07. The van der Waals surface area contributed by atoms with Crippen LogP contribution in [0.15, 0.2) is 18.3 Å². The second-order valence-corrected chi connectivity index (χ2v) is 3.99. The Hall–Kier alpha value is -1.62. The van der Waals surface area contributed by atoms with Crippen LogP contribution in [0.4, 0.5) is 5.82 Å². The van der Waals surface area contributed by atoms with E-state index in [1.807, 2.05) is 11.9 Å². The molecule has 1 unspecified atom stereocenters. The van der Waals surface area contributed by atoms with Crippen molar-refractivity contribution in [3.8, 4) is 0 Å². The average Bonchev–Trinajstić information content (AvgIpc) is 2.28. The molecule has 1 heterocycles. The molecule has 5 nitrogen and oxygen atoms in total. The third-order valence-electron chi connectivity index (χ3n) is 2.41. The van der Waals surface area contributed by atoms with E-state index in [1.54, 1.807) is 12.1 Å². The van der Waals surface area contributed by atoms with Crippen LogP contribution in [0.5, 0.6) is 0 Å². The molecule has 5 heteroatoms. The van der Waals surface area contributed by atoms with Crippen molar-refractivity contribution in [3.63, 3.8) is 0 Å². The number of primary amides is 1. The van der Waals surface area contributed by atoms with Crippen molar-refractivity contribution in [2.45, 2.75) is 6.92 Å². The maximum absolute atomic E-state index is 10.9. The molecule has 1 rings (SSSR count). The molecule has 0 aromatic carbocycles. The van der Waals surface area contributed by atoms with Crippen molar-refractivity contribution >= 4 is 11.7 Å². The van der Waals surface area contributed by atoms with Crippen molar-refractivity contribution in [1.82, 2.24) is 4.98 Å². The van der Waals surface area contributed by atoms with Gasteiger partial charge in [-0.05, 0) is 24.6 Å². The normalized spacial score (nSPS) is 12.2. The Bertz CT molecular complexity index is 350. The molecule has 0 bridgehead atoms. The molecule has 0 radical (unpaired) electrons. The molecule has 0 saturated heterocycles. The Morgan fingerprint density at radius 3 is 2.69 bits per heavy atom. The van der Waals surface area contributed by atoms with E-state index in [0.717, 1.165) is 12.4 Å². The largest absolute Gasteiger partial charge is 0.366 e. The molecule has 0 aliphatic carbocycles. The van der Waals surface area contributed by atoms with Crippen LogP contribution in [0.1, 0.15) is 17.3 Å². The molecule has 16 heavy (non-hydrogen) atoms. The van der Waals surface area contributed by atoms with Gasteiger partial charge in [0.2, 0.25) is 5.91 Å². The van der Waals surface area contributed by atoms with E-state index < -0.39 is 5.91 Å². The molecule has 0 saturated carbocycles. The van der Waals surface area contributed by atoms with Gasteiger partial charge in [-0.25, -0.2) is 4.98 Å². The molecule has 0 aliphatic heterocycles. The summed E-state index contributed by atoms with van der Waals surface area (Å²) in [5.41, 5.74) is 11.1. The number of anilines is 1. The number of nitrogens with zero attached hydrogens (tertiary/aromatic N) is 2. The molecule has 1 aromatic rings. The molecule has 4 N–H and O–H groups in total. The monoisotopic (exact) mass is 222 g/mol. The van der Waals surface area contributed by atoms with Gasteiger partial charge in [0, 0.05) is 19.8 Å². The number of carbonyl (C=O) groups is 1. The van der Waals surface area contributed by atoms with Gasteiger partial charge in [0.05, 0.1) is 5.56 Å². The van der Waals surface area contributed by atoms with Gasteiger partial charge in [-0.15, -0.1) is 0 Å². The molecule has 1 amide bonds. The Balaban J connectivity index is 2.70. The average molecular weight is 222 g/mol. The van der Waals surface area contributed by atoms with Gasteiger partial charge in [0.1, 0.15) is 5.82 Å². The van der Waals surface area contributed by atoms with Gasteiger partial charge in [0.15, 0.2) is 0 Å². The summed E-state index contributed by atoms with van der Waals surface area (Å²) in [4.78, 5) is 17.0. The highest BCUT2D eigenvalue weighted by atomic mass is 16.1. The number of carbonyl (C=O) groups excluding carboxylic acids is 1. The Labute approximate surface area is 95.4 Å². The maximum Gasteiger partial charge on any atom is 0.250 e. The first kappa shape index (κ1) is 12.4. The minimum absolute atomic E-state index is 0.405. The predicted molar refractivity (Wildman–Crippen MR) is 64.2 cm³/mol. The van der Waals surface area contributed by atoms with E-state index in [1.165, 1.54) is 6.20 Å². The summed E-state index contributed by atoms with van der Waals surface area (Å²) in [6.07, 6.45) is 1.49. The smallest absolute Gasteiger partial charge is 0.250 e. The Morgan fingerprint density at radius 2 is 2.25 bits per heavy atom. The lowest BCUT2D eigenvalue weighted by atomic mass is 10.2. The molecule has 0 spiro atoms. The lowest BCUT2D eigenvalue weighted by Crippen LogP contribution is -2.28. The van der Waals surface area contributed by atoms with Crippen molar-refractivity contribution < 1.29 is 4.79 Å².